The van der Waals surface area contributed by atoms with Gasteiger partial charge in [0.05, 0.1) is 23.7 Å². The van der Waals surface area contributed by atoms with Crippen molar-refractivity contribution < 1.29 is 32.2 Å². The van der Waals surface area contributed by atoms with Crippen LogP contribution < -0.4 is 9.64 Å². The molecule has 2 heterocycles. The second-order valence-corrected chi connectivity index (χ2v) is 10.7. The Morgan fingerprint density at radius 2 is 1.77 bits per heavy atom. The smallest absolute Gasteiger partial charge is 0.448 e. The summed E-state index contributed by atoms with van der Waals surface area (Å²) in [5.74, 6) is 0.183. The van der Waals surface area contributed by atoms with Crippen LogP contribution in [0.4, 0.5) is 23.7 Å². The van der Waals surface area contributed by atoms with E-state index in [0.717, 1.165) is 41.6 Å². The molecule has 5 rings (SSSR count). The quantitative estimate of drug-likeness (QED) is 0.188. The average molecular weight is 624 g/mol. The lowest BCUT2D eigenvalue weighted by Gasteiger charge is -2.19. The number of hydrogen-bond acceptors (Lipinski definition) is 7. The average Bonchev–Trinajstić information content (AvgIpc) is 3.63. The Balaban J connectivity index is 1.16. The van der Waals surface area contributed by atoms with Crippen LogP contribution in [0.3, 0.4) is 0 Å². The highest BCUT2D eigenvalue weighted by atomic mass is 32.2. The van der Waals surface area contributed by atoms with E-state index in [4.69, 9.17) is 4.74 Å². The number of para-hydroxylation sites is 1. The van der Waals surface area contributed by atoms with Crippen molar-refractivity contribution in [2.24, 2.45) is 4.99 Å². The molecule has 2 amide bonds. The number of rotatable bonds is 10. The van der Waals surface area contributed by atoms with Crippen LogP contribution in [-0.4, -0.2) is 50.7 Å². The van der Waals surface area contributed by atoms with Crippen molar-refractivity contribution in [3.05, 3.63) is 90.3 Å². The summed E-state index contributed by atoms with van der Waals surface area (Å²) < 4.78 is 47.9. The number of hydrogen-bond donors (Lipinski definition) is 0. The van der Waals surface area contributed by atoms with Crippen molar-refractivity contribution in [1.29, 1.82) is 0 Å². The maximum Gasteiger partial charge on any atom is 0.573 e. The topological polar surface area (TPSA) is 98.9 Å². The van der Waals surface area contributed by atoms with Gasteiger partial charge < -0.3 is 9.47 Å². The van der Waals surface area contributed by atoms with Gasteiger partial charge in [0, 0.05) is 12.0 Å². The van der Waals surface area contributed by atoms with E-state index in [-0.39, 0.29) is 24.0 Å². The molecular formula is C31H28F3N5O4S. The Kier molecular flexibility index (Phi) is 9.63. The Morgan fingerprint density at radius 1 is 1.02 bits per heavy atom. The van der Waals surface area contributed by atoms with E-state index in [1.165, 1.54) is 51.9 Å². The molecule has 9 nitrogen and oxygen atoms in total. The number of aromatic nitrogens is 3. The van der Waals surface area contributed by atoms with Crippen LogP contribution in [-0.2, 0) is 22.4 Å². The summed E-state index contributed by atoms with van der Waals surface area (Å²) >= 11 is 1.21. The van der Waals surface area contributed by atoms with Gasteiger partial charge in [0.2, 0.25) is 5.91 Å². The molecule has 1 saturated heterocycles. The lowest BCUT2D eigenvalue weighted by molar-refractivity contribution is -0.274. The van der Waals surface area contributed by atoms with Gasteiger partial charge >= 0.3 is 12.5 Å². The standard InChI is InChI=1S/C31H28F3N5O4S/c1-2-3-6-22-7-4-5-8-26(22)39-27(40)19-44-29(39)36-30(41)42-18-17-21-9-11-23(12-10-21)28-35-20-38(37-28)24-13-15-25(16-14-24)43-31(32,33)34/h4-5,7-16,20H,2-3,6,17-19H2,1H3/b36-29-. The Morgan fingerprint density at radius 3 is 2.50 bits per heavy atom. The fourth-order valence-electron chi connectivity index (χ4n) is 4.50. The Bertz CT molecular complexity index is 1640. The minimum atomic E-state index is -4.76. The number of amides is 2. The van der Waals surface area contributed by atoms with Crippen molar-refractivity contribution in [1.82, 2.24) is 14.8 Å². The van der Waals surface area contributed by atoms with E-state index < -0.39 is 12.5 Å². The number of anilines is 1. The van der Waals surface area contributed by atoms with E-state index in [0.29, 0.717) is 23.1 Å². The number of nitrogens with zero attached hydrogens (tertiary/aromatic N) is 5. The first-order chi connectivity index (χ1) is 21.2. The number of halogens is 3. The SMILES string of the molecule is CCCCc1ccccc1N1C(=O)CS/C1=N\C(=O)OCCc1ccc(-c2ncn(-c3ccc(OC(F)(F)F)cc3)n2)cc1. The Labute approximate surface area is 255 Å². The zero-order chi connectivity index (χ0) is 31.1. The number of ether oxygens (including phenoxy) is 2. The van der Waals surface area contributed by atoms with Crippen molar-refractivity contribution in [2.75, 3.05) is 17.3 Å². The Hall–Kier alpha value is -4.65. The van der Waals surface area contributed by atoms with Gasteiger partial charge in [0.25, 0.3) is 0 Å². The van der Waals surface area contributed by atoms with Gasteiger partial charge in [-0.2, -0.15) is 4.99 Å². The minimum Gasteiger partial charge on any atom is -0.448 e. The molecule has 1 aromatic heterocycles. The number of alkyl halides is 3. The van der Waals surface area contributed by atoms with E-state index >= 15 is 0 Å². The highest BCUT2D eigenvalue weighted by molar-refractivity contribution is 8.15. The number of aryl methyl sites for hydroxylation is 1. The molecule has 3 aromatic carbocycles. The van der Waals surface area contributed by atoms with Gasteiger partial charge in [-0.15, -0.1) is 18.3 Å². The molecule has 0 bridgehead atoms. The van der Waals surface area contributed by atoms with Crippen LogP contribution in [0.15, 0.2) is 84.1 Å². The highest BCUT2D eigenvalue weighted by Gasteiger charge is 2.32. The van der Waals surface area contributed by atoms with Crippen molar-refractivity contribution >= 4 is 34.6 Å². The monoisotopic (exact) mass is 623 g/mol. The summed E-state index contributed by atoms with van der Waals surface area (Å²) in [5.41, 5.74) is 3.94. The molecule has 4 aromatic rings. The van der Waals surface area contributed by atoms with Crippen molar-refractivity contribution in [2.45, 2.75) is 39.0 Å². The van der Waals surface area contributed by atoms with Crippen molar-refractivity contribution in [3.8, 4) is 22.8 Å². The molecular weight excluding hydrogens is 595 g/mol. The van der Waals surface area contributed by atoms with E-state index in [1.807, 2.05) is 48.5 Å². The van der Waals surface area contributed by atoms with E-state index in [1.54, 1.807) is 0 Å². The van der Waals surface area contributed by atoms with Gasteiger partial charge in [0.1, 0.15) is 12.1 Å². The first-order valence-corrected chi connectivity index (χ1v) is 14.8. The number of unbranched alkanes of at least 4 members (excludes halogenated alkanes) is 1. The van der Waals surface area contributed by atoms with Gasteiger partial charge in [-0.1, -0.05) is 67.6 Å². The predicted octanol–water partition coefficient (Wildman–Crippen LogP) is 6.99. The largest absolute Gasteiger partial charge is 0.573 e. The molecule has 1 aliphatic heterocycles. The first kappa shape index (κ1) is 30.8. The molecule has 1 aliphatic rings. The van der Waals surface area contributed by atoms with Crippen LogP contribution in [0.2, 0.25) is 0 Å². The van der Waals surface area contributed by atoms with E-state index in [9.17, 15) is 22.8 Å². The molecule has 0 saturated carbocycles. The fraction of sp³-hybridized carbons (Fsp3) is 0.258. The molecule has 0 atom stereocenters. The summed E-state index contributed by atoms with van der Waals surface area (Å²) in [6.07, 6.45) is -0.771. The molecule has 0 spiro atoms. The molecule has 228 valence electrons. The number of carbonyl (C=O) groups is 2. The highest BCUT2D eigenvalue weighted by Crippen LogP contribution is 2.31. The number of benzene rings is 3. The zero-order valence-electron chi connectivity index (χ0n) is 23.7. The molecule has 0 unspecified atom stereocenters. The van der Waals surface area contributed by atoms with E-state index in [2.05, 4.69) is 26.7 Å². The van der Waals surface area contributed by atoms with Gasteiger partial charge in [-0.25, -0.2) is 14.5 Å². The fourth-order valence-corrected chi connectivity index (χ4v) is 5.35. The summed E-state index contributed by atoms with van der Waals surface area (Å²) in [4.78, 5) is 35.1. The zero-order valence-corrected chi connectivity index (χ0v) is 24.5. The molecule has 0 aliphatic carbocycles. The van der Waals surface area contributed by atoms with Gasteiger partial charge in [-0.05, 0) is 54.3 Å². The maximum atomic E-state index is 12.7. The molecule has 0 radical (unpaired) electrons. The third-order valence-electron chi connectivity index (χ3n) is 6.64. The van der Waals surface area contributed by atoms with Gasteiger partial charge in [0.15, 0.2) is 11.0 Å². The second-order valence-electron chi connectivity index (χ2n) is 9.76. The number of thioether (sulfide) groups is 1. The van der Waals surface area contributed by atoms with Crippen LogP contribution in [0.25, 0.3) is 17.1 Å². The summed E-state index contributed by atoms with van der Waals surface area (Å²) in [6.45, 7) is 2.21. The van der Waals surface area contributed by atoms with Crippen molar-refractivity contribution in [3.63, 3.8) is 0 Å². The minimum absolute atomic E-state index is 0.0988. The maximum absolute atomic E-state index is 12.7. The molecule has 1 fully saturated rings. The summed E-state index contributed by atoms with van der Waals surface area (Å²) in [6, 6.07) is 20.3. The molecule has 13 heteroatoms. The predicted molar refractivity (Wildman–Crippen MR) is 161 cm³/mol. The second kappa shape index (κ2) is 13.8. The summed E-state index contributed by atoms with van der Waals surface area (Å²) in [7, 11) is 0. The number of carbonyl (C=O) groups excluding carboxylic acids is 2. The van der Waals surface area contributed by atoms with Crippen LogP contribution in [0.5, 0.6) is 5.75 Å². The van der Waals surface area contributed by atoms with Gasteiger partial charge in [-0.3, -0.25) is 9.69 Å². The number of amidine groups is 1. The molecule has 0 N–H and O–H groups in total. The van der Waals surface area contributed by atoms with Crippen LogP contribution >= 0.6 is 11.8 Å². The third kappa shape index (κ3) is 7.84. The lowest BCUT2D eigenvalue weighted by Crippen LogP contribution is -2.30. The normalized spacial score (nSPS) is 14.3. The summed E-state index contributed by atoms with van der Waals surface area (Å²) in [5, 5.41) is 4.71. The first-order valence-electron chi connectivity index (χ1n) is 13.9. The molecule has 44 heavy (non-hydrogen) atoms. The third-order valence-corrected chi connectivity index (χ3v) is 7.56. The van der Waals surface area contributed by atoms with Crippen LogP contribution in [0.1, 0.15) is 30.9 Å². The lowest BCUT2D eigenvalue weighted by atomic mass is 10.1. The van der Waals surface area contributed by atoms with Crippen LogP contribution in [0, 0.1) is 0 Å². The number of aliphatic imine (C=N–C) groups is 1.